The Labute approximate surface area is 120 Å². The molecule has 1 amide bonds. The average molecular weight is 306 g/mol. The fraction of sp³-hybridized carbons (Fsp3) is 0.917. The van der Waals surface area contributed by atoms with E-state index in [0.29, 0.717) is 32.5 Å². The van der Waals surface area contributed by atoms with Crippen LogP contribution in [-0.4, -0.2) is 61.6 Å². The van der Waals surface area contributed by atoms with Crippen LogP contribution in [0.3, 0.4) is 0 Å². The molecule has 2 aliphatic heterocycles. The zero-order chi connectivity index (χ0) is 15.0. The quantitative estimate of drug-likeness (QED) is 0.666. The van der Waals surface area contributed by atoms with Crippen molar-refractivity contribution in [3.05, 3.63) is 0 Å². The third-order valence-electron chi connectivity index (χ3n) is 3.27. The number of carbonyl (C=O) groups excluding carboxylic acids is 1. The number of nitrogens with zero attached hydrogens (tertiary/aromatic N) is 2. The van der Waals surface area contributed by atoms with Gasteiger partial charge in [0.25, 0.3) is 0 Å². The standard InChI is InChI=1S/C12H22N2O5S/c1-12(2,3)19-11(15)13-6-4-7-14-10(9-13)5-8-18-20(14,16)17/h10H,4-9H2,1-3H3. The van der Waals surface area contributed by atoms with Crippen molar-refractivity contribution in [1.29, 1.82) is 0 Å². The molecule has 0 radical (unpaired) electrons. The van der Waals surface area contributed by atoms with E-state index in [1.807, 2.05) is 20.8 Å². The Kier molecular flexibility index (Phi) is 4.27. The van der Waals surface area contributed by atoms with Crippen molar-refractivity contribution in [2.75, 3.05) is 26.2 Å². The van der Waals surface area contributed by atoms with Crippen molar-refractivity contribution >= 4 is 16.4 Å². The third kappa shape index (κ3) is 3.62. The van der Waals surface area contributed by atoms with Gasteiger partial charge in [0, 0.05) is 25.7 Å². The number of fused-ring (bicyclic) bond motifs is 1. The minimum Gasteiger partial charge on any atom is -0.444 e. The molecule has 2 fully saturated rings. The molecule has 7 nitrogen and oxygen atoms in total. The van der Waals surface area contributed by atoms with Crippen LogP contribution in [0.1, 0.15) is 33.6 Å². The lowest BCUT2D eigenvalue weighted by atomic mass is 10.2. The van der Waals surface area contributed by atoms with Gasteiger partial charge in [-0.15, -0.1) is 0 Å². The summed E-state index contributed by atoms with van der Waals surface area (Å²) >= 11 is 0. The molecule has 2 heterocycles. The molecule has 2 aliphatic rings. The molecule has 0 aliphatic carbocycles. The maximum absolute atomic E-state index is 12.1. The van der Waals surface area contributed by atoms with Crippen LogP contribution in [0.15, 0.2) is 0 Å². The van der Waals surface area contributed by atoms with Crippen LogP contribution in [0.2, 0.25) is 0 Å². The van der Waals surface area contributed by atoms with E-state index in [0.717, 1.165) is 0 Å². The van der Waals surface area contributed by atoms with Crippen LogP contribution < -0.4 is 0 Å². The van der Waals surface area contributed by atoms with Gasteiger partial charge in [-0.3, -0.25) is 4.18 Å². The van der Waals surface area contributed by atoms with Crippen molar-refractivity contribution in [3.63, 3.8) is 0 Å². The van der Waals surface area contributed by atoms with E-state index >= 15 is 0 Å². The van der Waals surface area contributed by atoms with Crippen LogP contribution in [0, 0.1) is 0 Å². The van der Waals surface area contributed by atoms with E-state index < -0.39 is 15.9 Å². The summed E-state index contributed by atoms with van der Waals surface area (Å²) in [7, 11) is -3.64. The molecule has 116 valence electrons. The van der Waals surface area contributed by atoms with E-state index in [2.05, 4.69) is 0 Å². The second kappa shape index (κ2) is 5.50. The summed E-state index contributed by atoms with van der Waals surface area (Å²) in [5.41, 5.74) is -0.551. The number of ether oxygens (including phenoxy) is 1. The Morgan fingerprint density at radius 3 is 2.65 bits per heavy atom. The smallest absolute Gasteiger partial charge is 0.410 e. The van der Waals surface area contributed by atoms with Gasteiger partial charge in [-0.1, -0.05) is 0 Å². The minimum absolute atomic E-state index is 0.172. The van der Waals surface area contributed by atoms with Gasteiger partial charge in [0.15, 0.2) is 0 Å². The zero-order valence-corrected chi connectivity index (χ0v) is 13.0. The maximum Gasteiger partial charge on any atom is 0.410 e. The van der Waals surface area contributed by atoms with Gasteiger partial charge in [-0.2, -0.15) is 12.7 Å². The average Bonchev–Trinajstić information content (AvgIpc) is 2.49. The molecule has 1 unspecified atom stereocenters. The fourth-order valence-corrected chi connectivity index (χ4v) is 3.75. The highest BCUT2D eigenvalue weighted by atomic mass is 32.2. The molecule has 0 aromatic carbocycles. The van der Waals surface area contributed by atoms with Crippen LogP contribution >= 0.6 is 0 Å². The van der Waals surface area contributed by atoms with Gasteiger partial charge in [0.05, 0.1) is 6.61 Å². The van der Waals surface area contributed by atoms with E-state index in [1.165, 1.54) is 4.31 Å². The van der Waals surface area contributed by atoms with Crippen molar-refractivity contribution < 1.29 is 22.1 Å². The van der Waals surface area contributed by atoms with Gasteiger partial charge in [-0.05, 0) is 33.6 Å². The molecule has 8 heteroatoms. The Morgan fingerprint density at radius 1 is 1.30 bits per heavy atom. The third-order valence-corrected chi connectivity index (χ3v) is 4.79. The lowest BCUT2D eigenvalue weighted by Gasteiger charge is -2.34. The molecule has 0 spiro atoms. The Morgan fingerprint density at radius 2 is 2.00 bits per heavy atom. The maximum atomic E-state index is 12.1. The summed E-state index contributed by atoms with van der Waals surface area (Å²) in [5.74, 6) is 0. The number of hydrogen-bond donors (Lipinski definition) is 0. The normalized spacial score (nSPS) is 27.6. The summed E-state index contributed by atoms with van der Waals surface area (Å²) in [6.45, 7) is 6.85. The number of carbonyl (C=O) groups is 1. The van der Waals surface area contributed by atoms with Crippen LogP contribution in [0.4, 0.5) is 4.79 Å². The van der Waals surface area contributed by atoms with E-state index in [4.69, 9.17) is 8.92 Å². The van der Waals surface area contributed by atoms with E-state index in [-0.39, 0.29) is 18.7 Å². The highest BCUT2D eigenvalue weighted by Gasteiger charge is 2.39. The number of hydrogen-bond acceptors (Lipinski definition) is 5. The van der Waals surface area contributed by atoms with Crippen molar-refractivity contribution in [1.82, 2.24) is 9.21 Å². The molecular weight excluding hydrogens is 284 g/mol. The van der Waals surface area contributed by atoms with E-state index in [1.54, 1.807) is 4.90 Å². The molecular formula is C12H22N2O5S. The summed E-state index contributed by atoms with van der Waals surface area (Å²) in [5, 5.41) is 0. The molecule has 2 saturated heterocycles. The minimum atomic E-state index is -3.64. The molecule has 20 heavy (non-hydrogen) atoms. The van der Waals surface area contributed by atoms with E-state index in [9.17, 15) is 13.2 Å². The zero-order valence-electron chi connectivity index (χ0n) is 12.2. The Hall–Kier alpha value is -0.860. The number of amides is 1. The van der Waals surface area contributed by atoms with Crippen molar-refractivity contribution in [2.24, 2.45) is 0 Å². The van der Waals surface area contributed by atoms with Crippen molar-refractivity contribution in [3.8, 4) is 0 Å². The molecule has 0 saturated carbocycles. The summed E-state index contributed by atoms with van der Waals surface area (Å²) in [6, 6.07) is -0.219. The first kappa shape index (κ1) is 15.5. The highest BCUT2D eigenvalue weighted by Crippen LogP contribution is 2.23. The fourth-order valence-electron chi connectivity index (χ4n) is 2.42. The second-order valence-electron chi connectivity index (χ2n) is 6.11. The predicted molar refractivity (Wildman–Crippen MR) is 72.4 cm³/mol. The topological polar surface area (TPSA) is 76.2 Å². The first-order chi connectivity index (χ1) is 9.19. The summed E-state index contributed by atoms with van der Waals surface area (Å²) in [6.07, 6.45) is 0.792. The Bertz CT molecular complexity index is 471. The molecule has 2 rings (SSSR count). The van der Waals surface area contributed by atoms with Crippen LogP contribution in [-0.2, 0) is 19.2 Å². The van der Waals surface area contributed by atoms with Gasteiger partial charge in [0.1, 0.15) is 5.60 Å². The Balaban J connectivity index is 2.08. The first-order valence-electron chi connectivity index (χ1n) is 6.83. The second-order valence-corrected chi connectivity index (χ2v) is 7.67. The van der Waals surface area contributed by atoms with Gasteiger partial charge < -0.3 is 9.64 Å². The highest BCUT2D eigenvalue weighted by molar-refractivity contribution is 7.84. The SMILES string of the molecule is CC(C)(C)OC(=O)N1CCCN2C(CCOS2(=O)=O)C1. The van der Waals surface area contributed by atoms with Crippen LogP contribution in [0.5, 0.6) is 0 Å². The van der Waals surface area contributed by atoms with Gasteiger partial charge in [0.2, 0.25) is 0 Å². The summed E-state index contributed by atoms with van der Waals surface area (Å²) in [4.78, 5) is 13.7. The largest absolute Gasteiger partial charge is 0.444 e. The molecule has 0 aromatic heterocycles. The predicted octanol–water partition coefficient (Wildman–Crippen LogP) is 0.963. The van der Waals surface area contributed by atoms with Gasteiger partial charge in [-0.25, -0.2) is 4.79 Å². The molecule has 0 N–H and O–H groups in total. The van der Waals surface area contributed by atoms with Crippen molar-refractivity contribution in [2.45, 2.75) is 45.3 Å². The lowest BCUT2D eigenvalue weighted by molar-refractivity contribution is 0.0226. The molecule has 1 atom stereocenters. The van der Waals surface area contributed by atoms with Crippen LogP contribution in [0.25, 0.3) is 0 Å². The van der Waals surface area contributed by atoms with Gasteiger partial charge >= 0.3 is 16.4 Å². The molecule has 0 bridgehead atoms. The monoisotopic (exact) mass is 306 g/mol. The molecule has 0 aromatic rings. The first-order valence-corrected chi connectivity index (χ1v) is 8.20. The summed E-state index contributed by atoms with van der Waals surface area (Å²) < 4.78 is 35.2. The number of rotatable bonds is 0. The lowest BCUT2D eigenvalue weighted by Crippen LogP contribution is -2.50.